The van der Waals surface area contributed by atoms with Gasteiger partial charge in [-0.25, -0.2) is 0 Å². The Bertz CT molecular complexity index is 223. The van der Waals surface area contributed by atoms with Crippen molar-refractivity contribution in [3.8, 4) is 0 Å². The Morgan fingerprint density at radius 2 is 2.33 bits per heavy atom. The fourth-order valence-corrected chi connectivity index (χ4v) is 1.66. The van der Waals surface area contributed by atoms with E-state index in [1.165, 1.54) is 5.57 Å². The standard InChI is InChI=1S/C11H16O/c1-3-4-6-9(2)10-7-5-8-11(10)12/h3-4,6,10H,5,7-8H2,1-2H3/b4-3+,9-6-. The quantitative estimate of drug-likeness (QED) is 0.573. The minimum Gasteiger partial charge on any atom is -0.299 e. The maximum absolute atomic E-state index is 11.3. The molecule has 0 radical (unpaired) electrons. The molecule has 1 fully saturated rings. The molecule has 1 nitrogen and oxygen atoms in total. The molecule has 1 atom stereocenters. The summed E-state index contributed by atoms with van der Waals surface area (Å²) in [4.78, 5) is 11.3. The molecule has 1 unspecified atom stereocenters. The number of Topliss-reactive ketones (excluding diaryl/α,β-unsaturated/α-hetero) is 1. The van der Waals surface area contributed by atoms with Gasteiger partial charge in [0, 0.05) is 12.3 Å². The summed E-state index contributed by atoms with van der Waals surface area (Å²) < 4.78 is 0. The van der Waals surface area contributed by atoms with E-state index in [2.05, 4.69) is 0 Å². The van der Waals surface area contributed by atoms with E-state index >= 15 is 0 Å². The molecule has 0 heterocycles. The molecule has 0 aromatic carbocycles. The van der Waals surface area contributed by atoms with Crippen LogP contribution in [0.15, 0.2) is 23.8 Å². The average Bonchev–Trinajstić information content (AvgIpc) is 2.47. The summed E-state index contributed by atoms with van der Waals surface area (Å²) in [7, 11) is 0. The van der Waals surface area contributed by atoms with Crippen LogP contribution in [0.25, 0.3) is 0 Å². The van der Waals surface area contributed by atoms with Crippen molar-refractivity contribution in [1.82, 2.24) is 0 Å². The van der Waals surface area contributed by atoms with E-state index < -0.39 is 0 Å². The number of hydrogen-bond acceptors (Lipinski definition) is 1. The van der Waals surface area contributed by atoms with Gasteiger partial charge >= 0.3 is 0 Å². The van der Waals surface area contributed by atoms with Gasteiger partial charge in [-0.1, -0.05) is 23.8 Å². The van der Waals surface area contributed by atoms with Crippen molar-refractivity contribution in [1.29, 1.82) is 0 Å². The van der Waals surface area contributed by atoms with Gasteiger partial charge in [0.05, 0.1) is 0 Å². The van der Waals surface area contributed by atoms with Crippen LogP contribution in [0.1, 0.15) is 33.1 Å². The topological polar surface area (TPSA) is 17.1 Å². The van der Waals surface area contributed by atoms with Gasteiger partial charge in [0.1, 0.15) is 5.78 Å². The molecule has 1 aliphatic carbocycles. The second kappa shape index (κ2) is 4.24. The van der Waals surface area contributed by atoms with E-state index in [1.54, 1.807) is 0 Å². The van der Waals surface area contributed by atoms with Crippen LogP contribution >= 0.6 is 0 Å². The minimum absolute atomic E-state index is 0.223. The highest BCUT2D eigenvalue weighted by Gasteiger charge is 2.24. The van der Waals surface area contributed by atoms with Crippen molar-refractivity contribution >= 4 is 5.78 Å². The van der Waals surface area contributed by atoms with Crippen LogP contribution in [-0.4, -0.2) is 5.78 Å². The van der Waals surface area contributed by atoms with Crippen molar-refractivity contribution in [2.75, 3.05) is 0 Å². The third-order valence-corrected chi connectivity index (χ3v) is 2.41. The zero-order valence-electron chi connectivity index (χ0n) is 7.84. The Balaban J connectivity index is 2.62. The zero-order chi connectivity index (χ0) is 8.97. The molecule has 12 heavy (non-hydrogen) atoms. The molecule has 0 amide bonds. The van der Waals surface area contributed by atoms with Crippen LogP contribution in [0.5, 0.6) is 0 Å². The van der Waals surface area contributed by atoms with E-state index in [-0.39, 0.29) is 5.92 Å². The molecule has 1 rings (SSSR count). The molecule has 1 aliphatic rings. The van der Waals surface area contributed by atoms with Crippen LogP contribution < -0.4 is 0 Å². The molecule has 0 aliphatic heterocycles. The van der Waals surface area contributed by atoms with Crippen LogP contribution in [0.2, 0.25) is 0 Å². The first kappa shape index (κ1) is 9.24. The predicted octanol–water partition coefficient (Wildman–Crippen LogP) is 2.88. The van der Waals surface area contributed by atoms with E-state index in [1.807, 2.05) is 32.1 Å². The minimum atomic E-state index is 0.223. The first-order chi connectivity index (χ1) is 5.75. The molecule has 1 heteroatoms. The van der Waals surface area contributed by atoms with Gasteiger partial charge in [-0.2, -0.15) is 0 Å². The normalized spacial score (nSPS) is 25.7. The Labute approximate surface area is 74.2 Å². The highest BCUT2D eigenvalue weighted by Crippen LogP contribution is 2.27. The van der Waals surface area contributed by atoms with Crippen molar-refractivity contribution in [3.05, 3.63) is 23.8 Å². The molecule has 1 saturated carbocycles. The molecule has 66 valence electrons. The molecule has 0 spiro atoms. The number of ketones is 1. The molecule has 0 bridgehead atoms. The monoisotopic (exact) mass is 164 g/mol. The van der Waals surface area contributed by atoms with Gasteiger partial charge in [0.2, 0.25) is 0 Å². The summed E-state index contributed by atoms with van der Waals surface area (Å²) >= 11 is 0. The fourth-order valence-electron chi connectivity index (χ4n) is 1.66. The van der Waals surface area contributed by atoms with Gasteiger partial charge in [-0.05, 0) is 26.7 Å². The third kappa shape index (κ3) is 2.07. The van der Waals surface area contributed by atoms with Gasteiger partial charge in [0.15, 0.2) is 0 Å². The smallest absolute Gasteiger partial charge is 0.139 e. The summed E-state index contributed by atoms with van der Waals surface area (Å²) in [6.07, 6.45) is 8.95. The molecular formula is C11H16O. The highest BCUT2D eigenvalue weighted by molar-refractivity contribution is 5.85. The number of hydrogen-bond donors (Lipinski definition) is 0. The second-order valence-electron chi connectivity index (χ2n) is 3.35. The Morgan fingerprint density at radius 1 is 1.58 bits per heavy atom. The average molecular weight is 164 g/mol. The molecule has 0 saturated heterocycles. The van der Waals surface area contributed by atoms with Crippen LogP contribution in [-0.2, 0) is 4.79 Å². The van der Waals surface area contributed by atoms with Crippen LogP contribution in [0.4, 0.5) is 0 Å². The van der Waals surface area contributed by atoms with Crippen molar-refractivity contribution in [3.63, 3.8) is 0 Å². The molecule has 0 aromatic heterocycles. The van der Waals surface area contributed by atoms with E-state index in [0.29, 0.717) is 5.78 Å². The van der Waals surface area contributed by atoms with Crippen molar-refractivity contribution in [2.45, 2.75) is 33.1 Å². The number of allylic oxidation sites excluding steroid dienone is 4. The number of carbonyl (C=O) groups excluding carboxylic acids is 1. The predicted molar refractivity (Wildman–Crippen MR) is 50.9 cm³/mol. The molecule has 0 aromatic rings. The summed E-state index contributed by atoms with van der Waals surface area (Å²) in [5, 5.41) is 0. The molecular weight excluding hydrogens is 148 g/mol. The van der Waals surface area contributed by atoms with Gasteiger partial charge in [-0.15, -0.1) is 0 Å². The lowest BCUT2D eigenvalue weighted by molar-refractivity contribution is -0.119. The maximum Gasteiger partial charge on any atom is 0.139 e. The lowest BCUT2D eigenvalue weighted by Gasteiger charge is -2.06. The first-order valence-corrected chi connectivity index (χ1v) is 4.58. The Hall–Kier alpha value is -0.850. The summed E-state index contributed by atoms with van der Waals surface area (Å²) in [6.45, 7) is 4.04. The second-order valence-corrected chi connectivity index (χ2v) is 3.35. The number of carbonyl (C=O) groups is 1. The Kier molecular flexibility index (Phi) is 3.27. The number of rotatable bonds is 2. The third-order valence-electron chi connectivity index (χ3n) is 2.41. The lowest BCUT2D eigenvalue weighted by atomic mass is 9.98. The van der Waals surface area contributed by atoms with Gasteiger partial charge in [0.25, 0.3) is 0 Å². The maximum atomic E-state index is 11.3. The highest BCUT2D eigenvalue weighted by atomic mass is 16.1. The van der Waals surface area contributed by atoms with Crippen molar-refractivity contribution < 1.29 is 4.79 Å². The Morgan fingerprint density at radius 3 is 2.83 bits per heavy atom. The lowest BCUT2D eigenvalue weighted by Crippen LogP contribution is -2.06. The summed E-state index contributed by atoms with van der Waals surface area (Å²) in [5.41, 5.74) is 1.22. The summed E-state index contributed by atoms with van der Waals surface area (Å²) in [6, 6.07) is 0. The zero-order valence-corrected chi connectivity index (χ0v) is 7.84. The van der Waals surface area contributed by atoms with E-state index in [9.17, 15) is 4.79 Å². The van der Waals surface area contributed by atoms with E-state index in [0.717, 1.165) is 19.3 Å². The van der Waals surface area contributed by atoms with E-state index in [4.69, 9.17) is 0 Å². The SMILES string of the molecule is C/C=C/C=C(/C)C1CCCC1=O. The molecule has 0 N–H and O–H groups in total. The van der Waals surface area contributed by atoms with Gasteiger partial charge < -0.3 is 0 Å². The first-order valence-electron chi connectivity index (χ1n) is 4.58. The largest absolute Gasteiger partial charge is 0.299 e. The summed E-state index contributed by atoms with van der Waals surface area (Å²) in [5.74, 6) is 0.648. The van der Waals surface area contributed by atoms with Crippen molar-refractivity contribution in [2.24, 2.45) is 5.92 Å². The van der Waals surface area contributed by atoms with Crippen LogP contribution in [0.3, 0.4) is 0 Å². The van der Waals surface area contributed by atoms with Gasteiger partial charge in [-0.3, -0.25) is 4.79 Å². The van der Waals surface area contributed by atoms with Crippen LogP contribution in [0, 0.1) is 5.92 Å². The fraction of sp³-hybridized carbons (Fsp3) is 0.545.